The highest BCUT2D eigenvalue weighted by molar-refractivity contribution is 5.71. The number of fused-ring (bicyclic) bond motifs is 3. The van der Waals surface area contributed by atoms with Crippen LogP contribution in [0.4, 0.5) is 4.79 Å². The summed E-state index contributed by atoms with van der Waals surface area (Å²) in [5, 5.41) is 2.67. The molecule has 0 aromatic carbocycles. The van der Waals surface area contributed by atoms with Gasteiger partial charge in [0.15, 0.2) is 0 Å². The number of rotatable bonds is 4. The number of primary amides is 1. The van der Waals surface area contributed by atoms with E-state index in [0.717, 1.165) is 13.0 Å². The number of amides is 2. The van der Waals surface area contributed by atoms with Crippen LogP contribution in [-0.2, 0) is 0 Å². The number of quaternary nitrogens is 2. The lowest BCUT2D eigenvalue weighted by Gasteiger charge is -2.54. The molecule has 0 saturated carbocycles. The first-order chi connectivity index (χ1) is 8.54. The maximum absolute atomic E-state index is 10.6. The Labute approximate surface area is 111 Å². The molecule has 3 saturated heterocycles. The topological polar surface area (TPSA) is 55.1 Å². The summed E-state index contributed by atoms with van der Waals surface area (Å²) < 4.78 is 2.55. The van der Waals surface area contributed by atoms with Gasteiger partial charge in [0.25, 0.3) is 0 Å². The van der Waals surface area contributed by atoms with Gasteiger partial charge in [-0.3, -0.25) is 0 Å². The molecule has 3 fully saturated rings. The average molecular weight is 258 g/mol. The highest BCUT2D eigenvalue weighted by Gasteiger charge is 2.46. The van der Waals surface area contributed by atoms with Gasteiger partial charge in [-0.2, -0.15) is 0 Å². The predicted molar refractivity (Wildman–Crippen MR) is 74.1 cm³/mol. The Kier molecular flexibility index (Phi) is 5.41. The number of nitrogens with zero attached hydrogens (tertiary/aromatic N) is 2. The van der Waals surface area contributed by atoms with E-state index in [1.54, 1.807) is 0 Å². The first-order valence-electron chi connectivity index (χ1n) is 7.26. The van der Waals surface area contributed by atoms with Crippen molar-refractivity contribution in [3.63, 3.8) is 0 Å². The molecule has 0 aliphatic carbocycles. The van der Waals surface area contributed by atoms with Gasteiger partial charge in [-0.1, -0.05) is 13.8 Å². The molecule has 2 amide bonds. The summed E-state index contributed by atoms with van der Waals surface area (Å²) >= 11 is 0. The molecule has 0 unspecified atom stereocenters. The Morgan fingerprint density at radius 2 is 1.61 bits per heavy atom. The number of hydrogen-bond donors (Lipinski definition) is 2. The van der Waals surface area contributed by atoms with Crippen LogP contribution in [0.25, 0.3) is 0 Å². The van der Waals surface area contributed by atoms with Gasteiger partial charge < -0.3 is 20.0 Å². The second kappa shape index (κ2) is 6.38. The Bertz CT molecular complexity index is 256. The van der Waals surface area contributed by atoms with Gasteiger partial charge in [0, 0.05) is 13.0 Å². The van der Waals surface area contributed by atoms with E-state index in [1.807, 2.05) is 13.8 Å². The fraction of sp³-hybridized carbons (Fsp3) is 0.923. The standard InChI is InChI=1S/C11H23N4O.C2H6/c1-14-5-8-15(9-6-14,10-7-14)4-2-3-13-11(12)16;1-2/h2-10H2,1H3,(H2-,12,13,16);1-2H3/q+1;/p+1. The molecule has 0 aromatic heterocycles. The smallest absolute Gasteiger partial charge is 0.312 e. The lowest BCUT2D eigenvalue weighted by atomic mass is 10.1. The SMILES string of the molecule is CC.C[N+]12CC[N+](CCCNC(N)=O)(CC1)CC2. The van der Waals surface area contributed by atoms with Crippen molar-refractivity contribution in [3.05, 3.63) is 0 Å². The number of likely N-dealkylation sites (N-methyl/N-ethyl adjacent to an activating group) is 1. The first-order valence-corrected chi connectivity index (χ1v) is 7.26. The van der Waals surface area contributed by atoms with Crippen LogP contribution in [0.15, 0.2) is 0 Å². The minimum atomic E-state index is -0.401. The molecule has 106 valence electrons. The molecule has 3 heterocycles. The summed E-state index contributed by atoms with van der Waals surface area (Å²) in [4.78, 5) is 10.6. The van der Waals surface area contributed by atoms with Crippen molar-refractivity contribution in [1.82, 2.24) is 5.32 Å². The summed E-state index contributed by atoms with van der Waals surface area (Å²) in [6, 6.07) is -0.401. The van der Waals surface area contributed by atoms with E-state index in [1.165, 1.54) is 54.8 Å². The molecule has 5 heteroatoms. The molecular formula is C13H30N4O+2. The highest BCUT2D eigenvalue weighted by atomic mass is 16.2. The van der Waals surface area contributed by atoms with E-state index in [2.05, 4.69) is 12.4 Å². The number of carbonyl (C=O) groups is 1. The lowest BCUT2D eigenvalue weighted by molar-refractivity contribution is -1.07. The Morgan fingerprint density at radius 1 is 1.11 bits per heavy atom. The van der Waals surface area contributed by atoms with E-state index >= 15 is 0 Å². The molecule has 0 spiro atoms. The van der Waals surface area contributed by atoms with E-state index in [-0.39, 0.29) is 0 Å². The van der Waals surface area contributed by atoms with E-state index in [9.17, 15) is 4.79 Å². The predicted octanol–water partition coefficient (Wildman–Crippen LogP) is 0.362. The average Bonchev–Trinajstić information content (AvgIpc) is 2.39. The second-order valence-corrected chi connectivity index (χ2v) is 5.67. The van der Waals surface area contributed by atoms with Crippen molar-refractivity contribution in [2.24, 2.45) is 5.73 Å². The maximum Gasteiger partial charge on any atom is 0.312 e. The fourth-order valence-corrected chi connectivity index (χ4v) is 2.99. The number of nitrogens with two attached hydrogens (primary N) is 1. The van der Waals surface area contributed by atoms with Crippen molar-refractivity contribution in [2.75, 3.05) is 59.4 Å². The zero-order chi connectivity index (χ0) is 13.6. The van der Waals surface area contributed by atoms with Crippen molar-refractivity contribution >= 4 is 6.03 Å². The van der Waals surface area contributed by atoms with Crippen molar-refractivity contribution < 1.29 is 13.8 Å². The molecule has 0 atom stereocenters. The molecule has 3 aliphatic heterocycles. The van der Waals surface area contributed by atoms with Gasteiger partial charge in [-0.25, -0.2) is 4.79 Å². The Hall–Kier alpha value is -0.810. The maximum atomic E-state index is 10.6. The van der Waals surface area contributed by atoms with Crippen LogP contribution in [0.1, 0.15) is 20.3 Å². The van der Waals surface area contributed by atoms with Crippen LogP contribution in [0, 0.1) is 0 Å². The Morgan fingerprint density at radius 3 is 2.06 bits per heavy atom. The summed E-state index contributed by atoms with van der Waals surface area (Å²) in [5.41, 5.74) is 5.04. The third-order valence-corrected chi connectivity index (χ3v) is 4.45. The monoisotopic (exact) mass is 258 g/mol. The number of hydrogen-bond acceptors (Lipinski definition) is 1. The molecule has 3 N–H and O–H groups in total. The summed E-state index contributed by atoms with van der Waals surface area (Å²) in [6.45, 7) is 13.8. The molecule has 0 aromatic rings. The van der Waals surface area contributed by atoms with E-state index in [4.69, 9.17) is 5.73 Å². The van der Waals surface area contributed by atoms with Gasteiger partial charge in [0.05, 0.1) is 13.6 Å². The number of carbonyl (C=O) groups excluding carboxylic acids is 1. The molecule has 3 aliphatic rings. The largest absolute Gasteiger partial charge is 0.352 e. The van der Waals surface area contributed by atoms with Crippen LogP contribution < -0.4 is 11.1 Å². The molecule has 2 bridgehead atoms. The van der Waals surface area contributed by atoms with Gasteiger partial charge in [0.1, 0.15) is 39.3 Å². The van der Waals surface area contributed by atoms with E-state index in [0.29, 0.717) is 0 Å². The minimum Gasteiger partial charge on any atom is -0.352 e. The van der Waals surface area contributed by atoms with Crippen molar-refractivity contribution in [1.29, 1.82) is 0 Å². The van der Waals surface area contributed by atoms with Gasteiger partial charge >= 0.3 is 6.03 Å². The number of urea groups is 1. The zero-order valence-corrected chi connectivity index (χ0v) is 12.2. The number of piperazine rings is 3. The number of nitrogens with one attached hydrogen (secondary N) is 1. The second-order valence-electron chi connectivity index (χ2n) is 5.67. The lowest BCUT2D eigenvalue weighted by Crippen LogP contribution is -2.73. The van der Waals surface area contributed by atoms with E-state index < -0.39 is 6.03 Å². The van der Waals surface area contributed by atoms with Crippen LogP contribution >= 0.6 is 0 Å². The van der Waals surface area contributed by atoms with Crippen LogP contribution in [0.5, 0.6) is 0 Å². The minimum absolute atomic E-state index is 0.401. The third-order valence-electron chi connectivity index (χ3n) is 4.45. The third kappa shape index (κ3) is 3.85. The summed E-state index contributed by atoms with van der Waals surface area (Å²) in [7, 11) is 2.38. The zero-order valence-electron chi connectivity index (χ0n) is 12.2. The molecular weight excluding hydrogens is 228 g/mol. The van der Waals surface area contributed by atoms with Crippen LogP contribution in [0.3, 0.4) is 0 Å². The molecule has 18 heavy (non-hydrogen) atoms. The van der Waals surface area contributed by atoms with Gasteiger partial charge in [0.2, 0.25) is 0 Å². The van der Waals surface area contributed by atoms with Crippen molar-refractivity contribution in [3.8, 4) is 0 Å². The Balaban J connectivity index is 0.000000771. The van der Waals surface area contributed by atoms with Crippen molar-refractivity contribution in [2.45, 2.75) is 20.3 Å². The van der Waals surface area contributed by atoms with Crippen LogP contribution in [-0.4, -0.2) is 74.4 Å². The summed E-state index contributed by atoms with van der Waals surface area (Å²) in [6.07, 6.45) is 1.05. The normalized spacial score (nSPS) is 33.5. The van der Waals surface area contributed by atoms with Gasteiger partial charge in [-0.15, -0.1) is 0 Å². The summed E-state index contributed by atoms with van der Waals surface area (Å²) in [5.74, 6) is 0. The van der Waals surface area contributed by atoms with Crippen LogP contribution in [0.2, 0.25) is 0 Å². The molecule has 5 nitrogen and oxygen atoms in total. The molecule has 3 rings (SSSR count). The molecule has 0 radical (unpaired) electrons. The fourth-order valence-electron chi connectivity index (χ4n) is 2.99. The first kappa shape index (κ1) is 15.2. The quantitative estimate of drug-likeness (QED) is 0.555. The van der Waals surface area contributed by atoms with Gasteiger partial charge in [-0.05, 0) is 0 Å². The highest BCUT2D eigenvalue weighted by Crippen LogP contribution is 2.24.